The molecule has 0 aliphatic rings. The van der Waals surface area contributed by atoms with E-state index in [1.165, 1.54) is 23.1 Å². The molecule has 9 nitrogen and oxygen atoms in total. The SMILES string of the molecule is COc1ccc(CC(=O)Nc2cnc3ccc(C(=O)NCc4ccco4)cn3c2=O)cc1. The second-order valence-electron chi connectivity index (χ2n) is 6.96. The fourth-order valence-electron chi connectivity index (χ4n) is 3.10. The zero-order chi connectivity index (χ0) is 22.5. The van der Waals surface area contributed by atoms with Gasteiger partial charge in [-0.25, -0.2) is 4.98 Å². The maximum atomic E-state index is 12.9. The quantitative estimate of drug-likeness (QED) is 0.463. The van der Waals surface area contributed by atoms with Crippen LogP contribution in [0.2, 0.25) is 0 Å². The molecule has 1 aromatic carbocycles. The van der Waals surface area contributed by atoms with Gasteiger partial charge < -0.3 is 19.8 Å². The molecule has 9 heteroatoms. The Hall–Kier alpha value is -4.40. The highest BCUT2D eigenvalue weighted by Gasteiger charge is 2.12. The lowest BCUT2D eigenvalue weighted by molar-refractivity contribution is -0.115. The number of aromatic nitrogens is 2. The Morgan fingerprint density at radius 2 is 1.94 bits per heavy atom. The Bertz CT molecular complexity index is 1310. The molecule has 4 rings (SSSR count). The Labute approximate surface area is 182 Å². The van der Waals surface area contributed by atoms with Crippen LogP contribution in [0.5, 0.6) is 5.75 Å². The van der Waals surface area contributed by atoms with Gasteiger partial charge in [0.1, 0.15) is 22.8 Å². The van der Waals surface area contributed by atoms with E-state index in [4.69, 9.17) is 9.15 Å². The molecule has 3 aromatic heterocycles. The van der Waals surface area contributed by atoms with Crippen molar-refractivity contribution >= 4 is 23.1 Å². The highest BCUT2D eigenvalue weighted by atomic mass is 16.5. The lowest BCUT2D eigenvalue weighted by Gasteiger charge is -2.09. The zero-order valence-electron chi connectivity index (χ0n) is 17.2. The number of carbonyl (C=O) groups is 2. The summed E-state index contributed by atoms with van der Waals surface area (Å²) in [6, 6.07) is 13.7. The fraction of sp³-hybridized carbons (Fsp3) is 0.130. The van der Waals surface area contributed by atoms with Gasteiger partial charge in [0.25, 0.3) is 11.5 Å². The molecular formula is C23H20N4O5. The molecular weight excluding hydrogens is 412 g/mol. The van der Waals surface area contributed by atoms with E-state index < -0.39 is 5.56 Å². The van der Waals surface area contributed by atoms with Gasteiger partial charge in [-0.1, -0.05) is 12.1 Å². The molecule has 2 N–H and O–H groups in total. The number of amides is 2. The first-order chi connectivity index (χ1) is 15.5. The summed E-state index contributed by atoms with van der Waals surface area (Å²) in [4.78, 5) is 41.9. The number of nitrogens with zero attached hydrogens (tertiary/aromatic N) is 2. The van der Waals surface area contributed by atoms with Crippen molar-refractivity contribution < 1.29 is 18.7 Å². The third kappa shape index (κ3) is 4.67. The first-order valence-electron chi connectivity index (χ1n) is 9.78. The number of anilines is 1. The molecule has 162 valence electrons. The third-order valence-electron chi connectivity index (χ3n) is 4.77. The van der Waals surface area contributed by atoms with Crippen LogP contribution in [0.4, 0.5) is 5.69 Å². The first-order valence-corrected chi connectivity index (χ1v) is 9.78. The summed E-state index contributed by atoms with van der Waals surface area (Å²) in [5.41, 5.74) is 0.931. The molecule has 0 aliphatic carbocycles. The van der Waals surface area contributed by atoms with E-state index in [0.29, 0.717) is 17.2 Å². The summed E-state index contributed by atoms with van der Waals surface area (Å²) in [5.74, 6) is 0.570. The van der Waals surface area contributed by atoms with Gasteiger partial charge in [0.15, 0.2) is 0 Å². The van der Waals surface area contributed by atoms with E-state index in [9.17, 15) is 14.4 Å². The van der Waals surface area contributed by atoms with Gasteiger partial charge in [-0.3, -0.25) is 18.8 Å². The summed E-state index contributed by atoms with van der Waals surface area (Å²) >= 11 is 0. The Morgan fingerprint density at radius 3 is 2.66 bits per heavy atom. The molecule has 32 heavy (non-hydrogen) atoms. The molecule has 4 aromatic rings. The number of benzene rings is 1. The number of nitrogens with one attached hydrogen (secondary N) is 2. The van der Waals surface area contributed by atoms with E-state index in [0.717, 1.165) is 5.56 Å². The Balaban J connectivity index is 1.49. The average Bonchev–Trinajstić information content (AvgIpc) is 3.33. The molecule has 0 saturated carbocycles. The van der Waals surface area contributed by atoms with Crippen LogP contribution in [-0.2, 0) is 17.8 Å². The van der Waals surface area contributed by atoms with E-state index in [2.05, 4.69) is 15.6 Å². The fourth-order valence-corrected chi connectivity index (χ4v) is 3.10. The third-order valence-corrected chi connectivity index (χ3v) is 4.77. The maximum Gasteiger partial charge on any atom is 0.281 e. The van der Waals surface area contributed by atoms with E-state index in [1.807, 2.05) is 0 Å². The zero-order valence-corrected chi connectivity index (χ0v) is 17.2. The first kappa shape index (κ1) is 20.9. The van der Waals surface area contributed by atoms with Gasteiger partial charge in [0, 0.05) is 6.20 Å². The van der Waals surface area contributed by atoms with Crippen LogP contribution >= 0.6 is 0 Å². The predicted octanol–water partition coefficient (Wildman–Crippen LogP) is 2.41. The van der Waals surface area contributed by atoms with Crippen molar-refractivity contribution in [3.8, 4) is 5.75 Å². The summed E-state index contributed by atoms with van der Waals surface area (Å²) in [7, 11) is 1.57. The monoisotopic (exact) mass is 432 g/mol. The minimum absolute atomic E-state index is 0.0224. The highest BCUT2D eigenvalue weighted by Crippen LogP contribution is 2.12. The number of rotatable bonds is 7. The van der Waals surface area contributed by atoms with Crippen LogP contribution in [0.15, 0.2) is 76.4 Å². The van der Waals surface area contributed by atoms with Crippen molar-refractivity contribution in [3.05, 3.63) is 94.4 Å². The Morgan fingerprint density at radius 1 is 1.12 bits per heavy atom. The number of hydrogen-bond acceptors (Lipinski definition) is 6. The van der Waals surface area contributed by atoms with Gasteiger partial charge >= 0.3 is 0 Å². The number of methoxy groups -OCH3 is 1. The van der Waals surface area contributed by atoms with Crippen molar-refractivity contribution in [2.24, 2.45) is 0 Å². The summed E-state index contributed by atoms with van der Waals surface area (Å²) < 4.78 is 11.5. The second-order valence-corrected chi connectivity index (χ2v) is 6.96. The van der Waals surface area contributed by atoms with E-state index in [-0.39, 0.29) is 36.0 Å². The molecule has 2 amide bonds. The van der Waals surface area contributed by atoms with Crippen LogP contribution in [0.25, 0.3) is 5.65 Å². The number of carbonyl (C=O) groups excluding carboxylic acids is 2. The lowest BCUT2D eigenvalue weighted by atomic mass is 10.1. The predicted molar refractivity (Wildman–Crippen MR) is 117 cm³/mol. The van der Waals surface area contributed by atoms with Gasteiger partial charge in [0.2, 0.25) is 5.91 Å². The van der Waals surface area contributed by atoms with Crippen molar-refractivity contribution in [2.45, 2.75) is 13.0 Å². The minimum atomic E-state index is -0.487. The summed E-state index contributed by atoms with van der Waals surface area (Å²) in [6.45, 7) is 0.221. The standard InChI is InChI=1S/C23H20N4O5/c1-31-17-7-4-15(5-8-17)11-21(28)26-19-13-24-20-9-6-16(14-27(20)23(19)30)22(29)25-12-18-3-2-10-32-18/h2-10,13-14H,11-12H2,1H3,(H,25,29)(H,26,28). The van der Waals surface area contributed by atoms with Gasteiger partial charge in [0.05, 0.1) is 38.1 Å². The number of pyridine rings is 1. The van der Waals surface area contributed by atoms with Crippen molar-refractivity contribution in [2.75, 3.05) is 12.4 Å². The van der Waals surface area contributed by atoms with Crippen LogP contribution in [0.1, 0.15) is 21.7 Å². The van der Waals surface area contributed by atoms with Crippen molar-refractivity contribution in [1.29, 1.82) is 0 Å². The van der Waals surface area contributed by atoms with Crippen molar-refractivity contribution in [3.63, 3.8) is 0 Å². The molecule has 0 fully saturated rings. The summed E-state index contributed by atoms with van der Waals surface area (Å²) in [6.07, 6.45) is 4.30. The van der Waals surface area contributed by atoms with E-state index >= 15 is 0 Å². The van der Waals surface area contributed by atoms with Crippen LogP contribution in [0.3, 0.4) is 0 Å². The molecule has 0 radical (unpaired) electrons. The molecule has 0 saturated heterocycles. The molecule has 0 unspecified atom stereocenters. The van der Waals surface area contributed by atoms with E-state index in [1.54, 1.807) is 55.6 Å². The largest absolute Gasteiger partial charge is 0.497 e. The van der Waals surface area contributed by atoms with Crippen LogP contribution < -0.4 is 20.9 Å². The number of fused-ring (bicyclic) bond motifs is 1. The second kappa shape index (κ2) is 9.17. The minimum Gasteiger partial charge on any atom is -0.497 e. The number of furan rings is 1. The van der Waals surface area contributed by atoms with Gasteiger partial charge in [-0.15, -0.1) is 0 Å². The maximum absolute atomic E-state index is 12.9. The molecule has 0 bridgehead atoms. The highest BCUT2D eigenvalue weighted by molar-refractivity contribution is 5.94. The van der Waals surface area contributed by atoms with Crippen LogP contribution in [-0.4, -0.2) is 28.3 Å². The summed E-state index contributed by atoms with van der Waals surface area (Å²) in [5, 5.41) is 5.31. The van der Waals surface area contributed by atoms with Gasteiger partial charge in [-0.2, -0.15) is 0 Å². The normalized spacial score (nSPS) is 10.7. The smallest absolute Gasteiger partial charge is 0.281 e. The number of ether oxygens (including phenoxy) is 1. The topological polar surface area (TPSA) is 115 Å². The molecule has 0 atom stereocenters. The Kier molecular flexibility index (Phi) is 5.98. The molecule has 0 spiro atoms. The average molecular weight is 432 g/mol. The molecule has 0 aliphatic heterocycles. The van der Waals surface area contributed by atoms with Crippen LogP contribution in [0, 0.1) is 0 Å². The lowest BCUT2D eigenvalue weighted by Crippen LogP contribution is -2.26. The number of hydrogen-bond donors (Lipinski definition) is 2. The molecule has 3 heterocycles. The van der Waals surface area contributed by atoms with Crippen molar-refractivity contribution in [1.82, 2.24) is 14.7 Å². The van der Waals surface area contributed by atoms with Gasteiger partial charge in [-0.05, 0) is 42.0 Å².